The average Bonchev–Trinajstić information content (AvgIpc) is 2.86. The van der Waals surface area contributed by atoms with Crippen LogP contribution in [0, 0.1) is 0 Å². The second-order valence-corrected chi connectivity index (χ2v) is 7.95. The van der Waals surface area contributed by atoms with Crippen molar-refractivity contribution in [1.82, 2.24) is 15.4 Å². The van der Waals surface area contributed by atoms with Gasteiger partial charge in [-0.25, -0.2) is 0 Å². The van der Waals surface area contributed by atoms with Crippen molar-refractivity contribution in [2.45, 2.75) is 0 Å². The summed E-state index contributed by atoms with van der Waals surface area (Å²) in [5, 5.41) is 2.29. The molecule has 0 aliphatic heterocycles. The second kappa shape index (κ2) is 9.17. The zero-order valence-corrected chi connectivity index (χ0v) is 18.5. The van der Waals surface area contributed by atoms with Crippen LogP contribution in [0.2, 0.25) is 5.02 Å². The van der Waals surface area contributed by atoms with Gasteiger partial charge < -0.3 is 4.98 Å². The number of hydrogen-bond donors (Lipinski definition) is 3. The molecule has 0 aliphatic carbocycles. The Bertz CT molecular complexity index is 1630. The van der Waals surface area contributed by atoms with Gasteiger partial charge in [-0.2, -0.15) is 0 Å². The molecule has 7 nitrogen and oxygen atoms in total. The van der Waals surface area contributed by atoms with E-state index >= 15 is 0 Å². The molecule has 0 aliphatic rings. The molecular weight excluding hydrogens is 450 g/mol. The van der Waals surface area contributed by atoms with E-state index in [-0.39, 0.29) is 11.5 Å². The third kappa shape index (κ3) is 4.37. The topological polar surface area (TPSA) is 99.2 Å². The molecule has 0 radical (unpaired) electrons. The van der Waals surface area contributed by atoms with Gasteiger partial charge in [0.2, 0.25) is 0 Å². The standard InChI is InChI=1S/C26H18ClN5O2/c27-18-9-10-19-23(11-12-28-24(19)14-18)31-32-26(34)20-6-2-4-8-22(20)29-15-17-13-16-5-1-3-7-21(16)30-25(17)33/h1-15H,(H,28,31)(H,30,33)(H,32,34). The highest BCUT2D eigenvalue weighted by Crippen LogP contribution is 2.24. The Kier molecular flexibility index (Phi) is 5.76. The number of para-hydroxylation sites is 2. The van der Waals surface area contributed by atoms with Crippen molar-refractivity contribution in [3.8, 4) is 0 Å². The van der Waals surface area contributed by atoms with Crippen LogP contribution in [0.1, 0.15) is 15.9 Å². The number of carbonyl (C=O) groups excluding carboxylic acids is 1. The first-order chi connectivity index (χ1) is 16.6. The van der Waals surface area contributed by atoms with Crippen LogP contribution in [-0.2, 0) is 0 Å². The SMILES string of the molecule is O=C(NNc1ccnc2cc(Cl)ccc12)c1ccccc1N=Cc1cc2ccccc2[nH]c1=O. The van der Waals surface area contributed by atoms with Crippen molar-refractivity contribution in [3.05, 3.63) is 112 Å². The van der Waals surface area contributed by atoms with Crippen molar-refractivity contribution in [3.63, 3.8) is 0 Å². The first kappa shape index (κ1) is 21.4. The molecule has 0 unspecified atom stereocenters. The lowest BCUT2D eigenvalue weighted by atomic mass is 10.1. The van der Waals surface area contributed by atoms with E-state index in [0.29, 0.717) is 33.0 Å². The predicted octanol–water partition coefficient (Wildman–Crippen LogP) is 5.24. The fourth-order valence-corrected chi connectivity index (χ4v) is 3.77. The summed E-state index contributed by atoms with van der Waals surface area (Å²) in [5.41, 5.74) is 8.71. The van der Waals surface area contributed by atoms with Gasteiger partial charge in [-0.15, -0.1) is 0 Å². The lowest BCUT2D eigenvalue weighted by molar-refractivity contribution is 0.0963. The van der Waals surface area contributed by atoms with E-state index in [4.69, 9.17) is 11.6 Å². The number of hydrogen-bond acceptors (Lipinski definition) is 5. The van der Waals surface area contributed by atoms with Gasteiger partial charge >= 0.3 is 0 Å². The minimum Gasteiger partial charge on any atom is -0.321 e. The molecule has 0 saturated heterocycles. The number of amides is 1. The van der Waals surface area contributed by atoms with Gasteiger partial charge in [-0.3, -0.25) is 30.4 Å². The summed E-state index contributed by atoms with van der Waals surface area (Å²) in [6.45, 7) is 0. The van der Waals surface area contributed by atoms with E-state index in [1.54, 1.807) is 54.7 Å². The Labute approximate surface area is 199 Å². The van der Waals surface area contributed by atoms with Crippen molar-refractivity contribution < 1.29 is 4.79 Å². The molecule has 34 heavy (non-hydrogen) atoms. The molecule has 1 amide bonds. The zero-order valence-electron chi connectivity index (χ0n) is 17.7. The van der Waals surface area contributed by atoms with E-state index in [2.05, 4.69) is 25.8 Å². The first-order valence-corrected chi connectivity index (χ1v) is 10.8. The molecule has 2 heterocycles. The molecule has 5 aromatic rings. The minimum atomic E-state index is -0.376. The summed E-state index contributed by atoms with van der Waals surface area (Å²) in [6.07, 6.45) is 3.09. The van der Waals surface area contributed by atoms with Gasteiger partial charge in [-0.1, -0.05) is 41.9 Å². The van der Waals surface area contributed by atoms with E-state index < -0.39 is 0 Å². The van der Waals surface area contributed by atoms with E-state index in [9.17, 15) is 9.59 Å². The Morgan fingerprint density at radius 2 is 1.82 bits per heavy atom. The molecule has 5 rings (SSSR count). The maximum absolute atomic E-state index is 12.9. The molecule has 0 fully saturated rings. The third-order valence-corrected chi connectivity index (χ3v) is 5.52. The number of halogens is 1. The van der Waals surface area contributed by atoms with Crippen molar-refractivity contribution in [2.75, 3.05) is 5.43 Å². The number of carbonyl (C=O) groups is 1. The Balaban J connectivity index is 1.39. The summed E-state index contributed by atoms with van der Waals surface area (Å²) in [7, 11) is 0. The molecule has 0 saturated carbocycles. The fraction of sp³-hybridized carbons (Fsp3) is 0. The molecule has 0 atom stereocenters. The number of aliphatic imine (C=N–C) groups is 1. The van der Waals surface area contributed by atoms with E-state index in [0.717, 1.165) is 16.3 Å². The molecule has 0 spiro atoms. The predicted molar refractivity (Wildman–Crippen MR) is 136 cm³/mol. The maximum Gasteiger partial charge on any atom is 0.271 e. The van der Waals surface area contributed by atoms with Crippen molar-refractivity contribution >= 4 is 56.9 Å². The number of rotatable bonds is 5. The van der Waals surface area contributed by atoms with Gasteiger partial charge in [0, 0.05) is 28.3 Å². The number of anilines is 1. The quantitative estimate of drug-likeness (QED) is 0.243. The Morgan fingerprint density at radius 3 is 2.74 bits per heavy atom. The molecular formula is C26H18ClN5O2. The second-order valence-electron chi connectivity index (χ2n) is 7.52. The van der Waals surface area contributed by atoms with Crippen LogP contribution < -0.4 is 16.4 Å². The number of aromatic nitrogens is 2. The lowest BCUT2D eigenvalue weighted by Crippen LogP contribution is -2.29. The van der Waals surface area contributed by atoms with Crippen LogP contribution in [0.4, 0.5) is 11.4 Å². The van der Waals surface area contributed by atoms with Crippen molar-refractivity contribution in [2.24, 2.45) is 4.99 Å². The summed E-state index contributed by atoms with van der Waals surface area (Å²) >= 11 is 6.04. The highest BCUT2D eigenvalue weighted by molar-refractivity contribution is 6.31. The van der Waals surface area contributed by atoms with Crippen LogP contribution in [0.5, 0.6) is 0 Å². The van der Waals surface area contributed by atoms with Gasteiger partial charge in [-0.05, 0) is 53.9 Å². The number of aromatic amines is 1. The lowest BCUT2D eigenvalue weighted by Gasteiger charge is -2.12. The third-order valence-electron chi connectivity index (χ3n) is 5.29. The van der Waals surface area contributed by atoms with Crippen LogP contribution in [0.25, 0.3) is 21.8 Å². The van der Waals surface area contributed by atoms with Gasteiger partial charge in [0.25, 0.3) is 11.5 Å². The van der Waals surface area contributed by atoms with Crippen LogP contribution in [-0.4, -0.2) is 22.1 Å². The number of benzene rings is 3. The monoisotopic (exact) mass is 467 g/mol. The van der Waals surface area contributed by atoms with Gasteiger partial charge in [0.05, 0.1) is 28.0 Å². The number of hydrazine groups is 1. The first-order valence-electron chi connectivity index (χ1n) is 10.4. The van der Waals surface area contributed by atoms with Crippen LogP contribution in [0.15, 0.2) is 94.8 Å². The maximum atomic E-state index is 12.9. The van der Waals surface area contributed by atoms with Crippen LogP contribution >= 0.6 is 11.6 Å². The molecule has 8 heteroatoms. The number of nitrogens with zero attached hydrogens (tertiary/aromatic N) is 2. The van der Waals surface area contributed by atoms with Gasteiger partial charge in [0.1, 0.15) is 0 Å². The number of fused-ring (bicyclic) bond motifs is 2. The normalized spacial score (nSPS) is 11.2. The highest BCUT2D eigenvalue weighted by Gasteiger charge is 2.11. The molecule has 0 bridgehead atoms. The van der Waals surface area contributed by atoms with Crippen LogP contribution in [0.3, 0.4) is 0 Å². The molecule has 2 aromatic heterocycles. The largest absolute Gasteiger partial charge is 0.321 e. The van der Waals surface area contributed by atoms with Gasteiger partial charge in [0.15, 0.2) is 0 Å². The fourth-order valence-electron chi connectivity index (χ4n) is 3.60. The van der Waals surface area contributed by atoms with E-state index in [1.165, 1.54) is 6.21 Å². The number of H-pyrrole nitrogens is 1. The summed E-state index contributed by atoms with van der Waals surface area (Å²) in [5.74, 6) is -0.376. The number of pyridine rings is 2. The summed E-state index contributed by atoms with van der Waals surface area (Å²) in [4.78, 5) is 36.9. The Hall–Kier alpha value is -4.49. The van der Waals surface area contributed by atoms with E-state index in [1.807, 2.05) is 30.3 Å². The zero-order chi connectivity index (χ0) is 23.5. The summed E-state index contributed by atoms with van der Waals surface area (Å²) < 4.78 is 0. The molecule has 166 valence electrons. The minimum absolute atomic E-state index is 0.254. The number of nitrogens with one attached hydrogen (secondary N) is 3. The molecule has 3 N–H and O–H groups in total. The smallest absolute Gasteiger partial charge is 0.271 e. The molecule has 3 aromatic carbocycles. The highest BCUT2D eigenvalue weighted by atomic mass is 35.5. The van der Waals surface area contributed by atoms with Crippen molar-refractivity contribution in [1.29, 1.82) is 0 Å². The summed E-state index contributed by atoms with van der Waals surface area (Å²) in [6, 6.07) is 23.3. The average molecular weight is 468 g/mol. The Morgan fingerprint density at radius 1 is 1.00 bits per heavy atom.